The summed E-state index contributed by atoms with van der Waals surface area (Å²) in [4.78, 5) is 2.51. The summed E-state index contributed by atoms with van der Waals surface area (Å²) in [6.45, 7) is 23.5. The second kappa shape index (κ2) is 12.9. The molecule has 0 unspecified atom stereocenters. The molecule has 0 saturated carbocycles. The predicted molar refractivity (Wildman–Crippen MR) is 245 cm³/mol. The molecule has 2 aliphatic rings. The molecule has 7 aromatic rings. The quantitative estimate of drug-likeness (QED) is 0.170. The van der Waals surface area contributed by atoms with Crippen molar-refractivity contribution in [3.63, 3.8) is 0 Å². The minimum Gasteiger partial charge on any atom is -0.310 e. The summed E-state index contributed by atoms with van der Waals surface area (Å²) in [6.07, 6.45) is 0. The van der Waals surface area contributed by atoms with E-state index < -0.39 is 0 Å². The minimum atomic E-state index is -0.235. The van der Waals surface area contributed by atoms with Crippen LogP contribution >= 0.6 is 0 Å². The fraction of sp³-hybridized carbons (Fsp3) is 0.250. The lowest BCUT2D eigenvalue weighted by atomic mass is 9.76. The highest BCUT2D eigenvalue weighted by Gasteiger charge is 2.40. The molecule has 0 aromatic heterocycles. The van der Waals surface area contributed by atoms with Crippen LogP contribution in [0.15, 0.2) is 152 Å². The van der Waals surface area contributed by atoms with Crippen molar-refractivity contribution in [2.45, 2.75) is 90.9 Å². The Hall–Kier alpha value is -5.66. The third-order valence-electron chi connectivity index (χ3n) is 13.0. The van der Waals surface area contributed by atoms with Crippen LogP contribution in [0, 0.1) is 0 Å². The fourth-order valence-corrected chi connectivity index (χ4v) is 9.69. The van der Waals surface area contributed by atoms with Crippen molar-refractivity contribution in [2.24, 2.45) is 0 Å². The van der Waals surface area contributed by atoms with Gasteiger partial charge in [-0.05, 0) is 113 Å². The number of para-hydroxylation sites is 1. The van der Waals surface area contributed by atoms with Gasteiger partial charge in [-0.25, -0.2) is 0 Å². The van der Waals surface area contributed by atoms with Gasteiger partial charge in [-0.3, -0.25) is 0 Å². The maximum atomic E-state index is 2.51. The van der Waals surface area contributed by atoms with E-state index in [-0.39, 0.29) is 21.7 Å². The summed E-state index contributed by atoms with van der Waals surface area (Å²) in [5.41, 5.74) is 21.9. The molecule has 1 heteroatoms. The van der Waals surface area contributed by atoms with Crippen LogP contribution in [0.3, 0.4) is 0 Å². The van der Waals surface area contributed by atoms with E-state index in [1.807, 2.05) is 0 Å². The first kappa shape index (κ1) is 36.9. The number of rotatable bonds is 5. The normalized spacial score (nSPS) is 14.8. The van der Waals surface area contributed by atoms with Crippen molar-refractivity contribution in [3.05, 3.63) is 185 Å². The lowest BCUT2D eigenvalue weighted by Crippen LogP contribution is -2.19. The predicted octanol–water partition coefficient (Wildman–Crippen LogP) is 15.7. The zero-order valence-corrected chi connectivity index (χ0v) is 35.4. The molecule has 0 atom stereocenters. The van der Waals surface area contributed by atoms with Crippen LogP contribution in [0.25, 0.3) is 44.5 Å². The molecule has 2 aliphatic carbocycles. The average molecular weight is 742 g/mol. The summed E-state index contributed by atoms with van der Waals surface area (Å²) < 4.78 is 0. The second-order valence-corrected chi connectivity index (χ2v) is 19.5. The van der Waals surface area contributed by atoms with Gasteiger partial charge in [0, 0.05) is 27.8 Å². The highest BCUT2D eigenvalue weighted by molar-refractivity contribution is 5.94. The van der Waals surface area contributed by atoms with Gasteiger partial charge in [-0.1, -0.05) is 191 Å². The number of benzene rings is 7. The molecule has 57 heavy (non-hydrogen) atoms. The van der Waals surface area contributed by atoms with Crippen molar-refractivity contribution in [2.75, 3.05) is 4.90 Å². The number of nitrogens with zero attached hydrogens (tertiary/aromatic N) is 1. The van der Waals surface area contributed by atoms with E-state index in [1.54, 1.807) is 0 Å². The van der Waals surface area contributed by atoms with Gasteiger partial charge < -0.3 is 4.90 Å². The van der Waals surface area contributed by atoms with Gasteiger partial charge in [0.05, 0.1) is 5.69 Å². The summed E-state index contributed by atoms with van der Waals surface area (Å²) in [5, 5.41) is 0. The zero-order chi connectivity index (χ0) is 40.1. The van der Waals surface area contributed by atoms with Crippen LogP contribution in [0.4, 0.5) is 17.1 Å². The van der Waals surface area contributed by atoms with Crippen LogP contribution in [0.5, 0.6) is 0 Å². The van der Waals surface area contributed by atoms with Crippen molar-refractivity contribution in [3.8, 4) is 44.5 Å². The number of fused-ring (bicyclic) bond motifs is 6. The summed E-state index contributed by atoms with van der Waals surface area (Å²) in [5.74, 6) is 0. The molecule has 0 spiro atoms. The van der Waals surface area contributed by atoms with E-state index in [0.29, 0.717) is 0 Å². The van der Waals surface area contributed by atoms with Crippen molar-refractivity contribution < 1.29 is 0 Å². The first-order valence-electron chi connectivity index (χ1n) is 20.7. The molecule has 0 N–H and O–H groups in total. The lowest BCUT2D eigenvalue weighted by molar-refractivity contribution is 0.589. The Morgan fingerprint density at radius 3 is 1.49 bits per heavy atom. The van der Waals surface area contributed by atoms with Gasteiger partial charge >= 0.3 is 0 Å². The standard InChI is InChI=1S/C56H55N/c1-53(2,3)38-26-24-37(25-27-38)46-32-39(54(4,5)6)33-47-45-31-29-41(35-50(45)56(9,10)52(46)47)57(51-23-17-15-20-42(51)36-18-12-11-13-19-36)40-28-30-44-43-21-14-16-22-48(43)55(7,8)49(44)34-40/h11-35H,1-10H3. The fourth-order valence-electron chi connectivity index (χ4n) is 9.69. The van der Waals surface area contributed by atoms with Crippen molar-refractivity contribution in [1.82, 2.24) is 0 Å². The van der Waals surface area contributed by atoms with Crippen LogP contribution in [-0.2, 0) is 21.7 Å². The molecular formula is C56H55N. The molecule has 284 valence electrons. The van der Waals surface area contributed by atoms with E-state index in [1.165, 1.54) is 95.0 Å². The van der Waals surface area contributed by atoms with Gasteiger partial charge in [-0.15, -0.1) is 0 Å². The third kappa shape index (κ3) is 5.97. The molecule has 9 rings (SSSR count). The largest absolute Gasteiger partial charge is 0.310 e. The molecular weight excluding hydrogens is 687 g/mol. The summed E-state index contributed by atoms with van der Waals surface area (Å²) >= 11 is 0. The molecule has 0 aliphatic heterocycles. The lowest BCUT2D eigenvalue weighted by Gasteiger charge is -2.31. The molecule has 0 radical (unpaired) electrons. The number of anilines is 3. The maximum Gasteiger partial charge on any atom is 0.0540 e. The van der Waals surface area contributed by atoms with Gasteiger partial charge in [-0.2, -0.15) is 0 Å². The SMILES string of the molecule is CC(C)(C)c1ccc(-c2cc(C(C)(C)C)cc3c2C(C)(C)c2cc(N(c4ccc5c(c4)C(C)(C)c4ccccc4-5)c4ccccc4-c4ccccc4)ccc2-3)cc1. The summed E-state index contributed by atoms with van der Waals surface area (Å²) in [6, 6.07) is 57.4. The smallest absolute Gasteiger partial charge is 0.0540 e. The zero-order valence-electron chi connectivity index (χ0n) is 35.4. The number of hydrogen-bond donors (Lipinski definition) is 0. The molecule has 0 heterocycles. The van der Waals surface area contributed by atoms with Crippen molar-refractivity contribution in [1.29, 1.82) is 0 Å². The molecule has 7 aromatic carbocycles. The topological polar surface area (TPSA) is 3.24 Å². The van der Waals surface area contributed by atoms with Gasteiger partial charge in [0.25, 0.3) is 0 Å². The van der Waals surface area contributed by atoms with E-state index in [9.17, 15) is 0 Å². The molecule has 0 amide bonds. The Kier molecular flexibility index (Phi) is 8.38. The molecule has 0 fully saturated rings. The minimum absolute atomic E-state index is 0.000912. The van der Waals surface area contributed by atoms with E-state index in [0.717, 1.165) is 0 Å². The number of hydrogen-bond acceptors (Lipinski definition) is 1. The monoisotopic (exact) mass is 741 g/mol. The van der Waals surface area contributed by atoms with Crippen LogP contribution in [0.1, 0.15) is 103 Å². The van der Waals surface area contributed by atoms with Crippen LogP contribution in [-0.4, -0.2) is 0 Å². The van der Waals surface area contributed by atoms with Crippen LogP contribution in [0.2, 0.25) is 0 Å². The molecule has 0 bridgehead atoms. The Labute approximate surface area is 341 Å². The highest BCUT2D eigenvalue weighted by Crippen LogP contribution is 2.56. The first-order chi connectivity index (χ1) is 27.0. The Morgan fingerprint density at radius 2 is 0.860 bits per heavy atom. The molecule has 0 saturated heterocycles. The second-order valence-electron chi connectivity index (χ2n) is 19.5. The summed E-state index contributed by atoms with van der Waals surface area (Å²) in [7, 11) is 0. The van der Waals surface area contributed by atoms with E-state index in [2.05, 4.69) is 226 Å². The van der Waals surface area contributed by atoms with Gasteiger partial charge in [0.1, 0.15) is 0 Å². The van der Waals surface area contributed by atoms with Gasteiger partial charge in [0.15, 0.2) is 0 Å². The van der Waals surface area contributed by atoms with E-state index in [4.69, 9.17) is 0 Å². The van der Waals surface area contributed by atoms with Crippen LogP contribution < -0.4 is 4.90 Å². The average Bonchev–Trinajstić information content (AvgIpc) is 3.56. The first-order valence-corrected chi connectivity index (χ1v) is 20.7. The van der Waals surface area contributed by atoms with E-state index >= 15 is 0 Å². The third-order valence-corrected chi connectivity index (χ3v) is 13.0. The van der Waals surface area contributed by atoms with Gasteiger partial charge in [0.2, 0.25) is 0 Å². The highest BCUT2D eigenvalue weighted by atomic mass is 15.1. The molecule has 1 nitrogen and oxygen atoms in total. The van der Waals surface area contributed by atoms with Crippen molar-refractivity contribution >= 4 is 17.1 Å². The Balaban J connectivity index is 1.25. The Morgan fingerprint density at radius 1 is 0.368 bits per heavy atom. The Bertz CT molecular complexity index is 2680. The maximum absolute atomic E-state index is 2.51.